The summed E-state index contributed by atoms with van der Waals surface area (Å²) in [6.45, 7) is 1.87. The van der Waals surface area contributed by atoms with Gasteiger partial charge in [0.1, 0.15) is 11.5 Å². The van der Waals surface area contributed by atoms with Crippen LogP contribution in [0.15, 0.2) is 24.4 Å². The molecule has 126 valence electrons. The van der Waals surface area contributed by atoms with E-state index in [1.54, 1.807) is 12.3 Å². The summed E-state index contributed by atoms with van der Waals surface area (Å²) in [6, 6.07) is 5.70. The van der Waals surface area contributed by atoms with Gasteiger partial charge in [0.25, 0.3) is 0 Å². The van der Waals surface area contributed by atoms with Gasteiger partial charge in [-0.15, -0.1) is 0 Å². The van der Waals surface area contributed by atoms with E-state index in [1.807, 2.05) is 12.1 Å². The zero-order chi connectivity index (χ0) is 16.9. The second-order valence-corrected chi connectivity index (χ2v) is 7.53. The quantitative estimate of drug-likeness (QED) is 0.854. The summed E-state index contributed by atoms with van der Waals surface area (Å²) in [5.74, 6) is 1.15. The van der Waals surface area contributed by atoms with Crippen molar-refractivity contribution in [2.75, 3.05) is 23.7 Å². The van der Waals surface area contributed by atoms with E-state index in [0.29, 0.717) is 33.2 Å². The highest BCUT2D eigenvalue weighted by Crippen LogP contribution is 2.48. The van der Waals surface area contributed by atoms with Gasteiger partial charge in [0.05, 0.1) is 16.2 Å². The molecule has 2 aliphatic rings. The molecule has 2 fully saturated rings. The third-order valence-corrected chi connectivity index (χ3v) is 6.26. The lowest BCUT2D eigenvalue weighted by molar-refractivity contribution is 0.122. The van der Waals surface area contributed by atoms with E-state index < -0.39 is 0 Å². The molecule has 5 nitrogen and oxygen atoms in total. The van der Waals surface area contributed by atoms with E-state index in [9.17, 15) is 0 Å². The maximum atomic E-state index is 6.27. The molecule has 0 amide bonds. The average Bonchev–Trinajstić information content (AvgIpc) is 3.04. The topological polar surface area (TPSA) is 81.1 Å². The molecule has 1 aromatic carbocycles. The van der Waals surface area contributed by atoms with E-state index in [0.717, 1.165) is 31.7 Å². The zero-order valence-corrected chi connectivity index (χ0v) is 14.7. The van der Waals surface area contributed by atoms with Crippen molar-refractivity contribution < 1.29 is 0 Å². The van der Waals surface area contributed by atoms with Crippen LogP contribution in [0.3, 0.4) is 0 Å². The molecular formula is C17H19Cl2N5. The highest BCUT2D eigenvalue weighted by atomic mass is 35.5. The second kappa shape index (κ2) is 5.76. The van der Waals surface area contributed by atoms with Gasteiger partial charge in [-0.3, -0.25) is 0 Å². The molecule has 24 heavy (non-hydrogen) atoms. The lowest BCUT2D eigenvalue weighted by Crippen LogP contribution is -2.52. The van der Waals surface area contributed by atoms with Crippen molar-refractivity contribution in [3.8, 4) is 11.3 Å². The summed E-state index contributed by atoms with van der Waals surface area (Å²) in [5.41, 5.74) is 13.9. The van der Waals surface area contributed by atoms with E-state index in [4.69, 9.17) is 34.7 Å². The van der Waals surface area contributed by atoms with Crippen molar-refractivity contribution in [3.63, 3.8) is 0 Å². The first kappa shape index (κ1) is 15.9. The highest BCUT2D eigenvalue weighted by Gasteiger charge is 2.49. The summed E-state index contributed by atoms with van der Waals surface area (Å²) >= 11 is 12.3. The van der Waals surface area contributed by atoms with Crippen LogP contribution in [-0.4, -0.2) is 29.1 Å². The van der Waals surface area contributed by atoms with E-state index in [2.05, 4.69) is 14.9 Å². The molecule has 0 radical (unpaired) electrons. The number of rotatable bonds is 2. The fourth-order valence-electron chi connectivity index (χ4n) is 3.76. The van der Waals surface area contributed by atoms with Crippen LogP contribution in [0.2, 0.25) is 10.0 Å². The SMILES string of the molecule is Nc1nc(N2CC[C@]3(CC[C@H]3N)C2)cnc1-c1cccc(Cl)c1Cl. The van der Waals surface area contributed by atoms with E-state index in [-0.39, 0.29) is 5.41 Å². The largest absolute Gasteiger partial charge is 0.382 e. The number of anilines is 2. The summed E-state index contributed by atoms with van der Waals surface area (Å²) < 4.78 is 0. The molecule has 2 aromatic rings. The van der Waals surface area contributed by atoms with Crippen LogP contribution in [0.5, 0.6) is 0 Å². The normalized spacial score (nSPS) is 26.0. The van der Waals surface area contributed by atoms with Crippen molar-refractivity contribution in [2.24, 2.45) is 11.1 Å². The van der Waals surface area contributed by atoms with Gasteiger partial charge in [-0.25, -0.2) is 9.97 Å². The van der Waals surface area contributed by atoms with Gasteiger partial charge in [-0.2, -0.15) is 0 Å². The Balaban J connectivity index is 1.62. The third kappa shape index (κ3) is 2.42. The lowest BCUT2D eigenvalue weighted by Gasteiger charge is -2.44. The van der Waals surface area contributed by atoms with Crippen LogP contribution in [-0.2, 0) is 0 Å². The number of halogens is 2. The first-order valence-electron chi connectivity index (χ1n) is 8.08. The van der Waals surface area contributed by atoms with Gasteiger partial charge >= 0.3 is 0 Å². The van der Waals surface area contributed by atoms with Crippen LogP contribution in [0, 0.1) is 5.41 Å². The molecule has 4 N–H and O–H groups in total. The zero-order valence-electron chi connectivity index (χ0n) is 13.2. The number of nitrogen functional groups attached to an aromatic ring is 1. The smallest absolute Gasteiger partial charge is 0.152 e. The molecule has 1 aliphatic carbocycles. The highest BCUT2D eigenvalue weighted by molar-refractivity contribution is 6.43. The molecule has 1 aromatic heterocycles. The van der Waals surface area contributed by atoms with Crippen LogP contribution < -0.4 is 16.4 Å². The Labute approximate surface area is 151 Å². The van der Waals surface area contributed by atoms with Crippen molar-refractivity contribution in [1.29, 1.82) is 0 Å². The summed E-state index contributed by atoms with van der Waals surface area (Å²) in [6.07, 6.45) is 5.18. The van der Waals surface area contributed by atoms with Gasteiger partial charge in [0.2, 0.25) is 0 Å². The molecule has 2 atom stereocenters. The average molecular weight is 364 g/mol. The lowest BCUT2D eigenvalue weighted by atomic mass is 9.64. The van der Waals surface area contributed by atoms with Gasteiger partial charge < -0.3 is 16.4 Å². The predicted molar refractivity (Wildman–Crippen MR) is 98.4 cm³/mol. The maximum Gasteiger partial charge on any atom is 0.152 e. The molecule has 0 unspecified atom stereocenters. The monoisotopic (exact) mass is 363 g/mol. The first-order chi connectivity index (χ1) is 11.5. The maximum absolute atomic E-state index is 6.27. The number of hydrogen-bond acceptors (Lipinski definition) is 5. The number of aromatic nitrogens is 2. The molecule has 1 saturated carbocycles. The van der Waals surface area contributed by atoms with Crippen molar-refractivity contribution >= 4 is 34.8 Å². The Hall–Kier alpha value is -1.56. The van der Waals surface area contributed by atoms with Crippen molar-refractivity contribution in [2.45, 2.75) is 25.3 Å². The van der Waals surface area contributed by atoms with Gasteiger partial charge in [0.15, 0.2) is 5.82 Å². The summed E-state index contributed by atoms with van der Waals surface area (Å²) in [7, 11) is 0. The standard InChI is InChI=1S/C17H19Cl2N5/c18-11-3-1-2-10(14(11)19)15-16(21)23-13(8-22-15)24-7-6-17(9-24)5-4-12(17)20/h1-3,8,12H,4-7,9,20H2,(H2,21,23)/t12-,17-/m1/s1. The fraction of sp³-hybridized carbons (Fsp3) is 0.412. The molecule has 1 saturated heterocycles. The van der Waals surface area contributed by atoms with E-state index in [1.165, 1.54) is 6.42 Å². The van der Waals surface area contributed by atoms with Crippen molar-refractivity contribution in [1.82, 2.24) is 9.97 Å². The Morgan fingerprint density at radius 2 is 2.08 bits per heavy atom. The molecule has 7 heteroatoms. The molecule has 2 heterocycles. The molecule has 1 aliphatic heterocycles. The Morgan fingerprint density at radius 1 is 1.25 bits per heavy atom. The Bertz CT molecular complexity index is 797. The fourth-order valence-corrected chi connectivity index (χ4v) is 4.15. The van der Waals surface area contributed by atoms with Gasteiger partial charge in [-0.05, 0) is 25.3 Å². The Morgan fingerprint density at radius 3 is 2.71 bits per heavy atom. The van der Waals surface area contributed by atoms with E-state index >= 15 is 0 Å². The number of benzene rings is 1. The molecule has 4 rings (SSSR count). The second-order valence-electron chi connectivity index (χ2n) is 6.74. The molecule has 1 spiro atoms. The summed E-state index contributed by atoms with van der Waals surface area (Å²) in [4.78, 5) is 11.3. The first-order valence-corrected chi connectivity index (χ1v) is 8.83. The predicted octanol–water partition coefficient (Wildman–Crippen LogP) is 3.35. The van der Waals surface area contributed by atoms with Crippen LogP contribution in [0.4, 0.5) is 11.6 Å². The molecular weight excluding hydrogens is 345 g/mol. The minimum Gasteiger partial charge on any atom is -0.382 e. The van der Waals surface area contributed by atoms with Crippen LogP contribution in [0.25, 0.3) is 11.3 Å². The van der Waals surface area contributed by atoms with Crippen LogP contribution >= 0.6 is 23.2 Å². The minimum absolute atomic E-state index is 0.255. The number of nitrogens with two attached hydrogens (primary N) is 2. The third-order valence-electron chi connectivity index (χ3n) is 5.44. The van der Waals surface area contributed by atoms with Crippen LogP contribution in [0.1, 0.15) is 19.3 Å². The van der Waals surface area contributed by atoms with Crippen molar-refractivity contribution in [3.05, 3.63) is 34.4 Å². The minimum atomic E-state index is 0.255. The molecule has 0 bridgehead atoms. The van der Waals surface area contributed by atoms with Gasteiger partial charge in [-0.1, -0.05) is 35.3 Å². The number of nitrogens with zero attached hydrogens (tertiary/aromatic N) is 3. The number of hydrogen-bond donors (Lipinski definition) is 2. The summed E-state index contributed by atoms with van der Waals surface area (Å²) in [5, 5.41) is 0.911. The Kier molecular flexibility index (Phi) is 3.82. The van der Waals surface area contributed by atoms with Gasteiger partial charge in [0, 0.05) is 30.1 Å².